The fourth-order valence-corrected chi connectivity index (χ4v) is 2.42. The first-order valence-electron chi connectivity index (χ1n) is 5.53. The van der Waals surface area contributed by atoms with Crippen LogP contribution in [0.5, 0.6) is 0 Å². The summed E-state index contributed by atoms with van der Waals surface area (Å²) < 4.78 is 0. The highest BCUT2D eigenvalue weighted by Gasteiger charge is 2.44. The van der Waals surface area contributed by atoms with Gasteiger partial charge in [0.1, 0.15) is 0 Å². The van der Waals surface area contributed by atoms with Gasteiger partial charge in [-0.2, -0.15) is 12.6 Å². The summed E-state index contributed by atoms with van der Waals surface area (Å²) in [6.45, 7) is 0. The Bertz CT molecular complexity index is 233. The summed E-state index contributed by atoms with van der Waals surface area (Å²) in [7, 11) is 1.96. The lowest BCUT2D eigenvalue weighted by atomic mass is 9.91. The third-order valence-corrected chi connectivity index (χ3v) is 4.51. The monoisotopic (exact) mass is 213 g/mol. The van der Waals surface area contributed by atoms with E-state index < -0.39 is 0 Å². The molecule has 0 aromatic carbocycles. The quantitative estimate of drug-likeness (QED) is 0.709. The van der Waals surface area contributed by atoms with Gasteiger partial charge < -0.3 is 4.90 Å². The van der Waals surface area contributed by atoms with Gasteiger partial charge in [-0.1, -0.05) is 0 Å². The number of carbonyl (C=O) groups excluding carboxylic acids is 1. The first-order valence-corrected chi connectivity index (χ1v) is 6.17. The molecule has 0 aliphatic heterocycles. The number of carbonyl (C=O) groups is 1. The van der Waals surface area contributed by atoms with Crippen LogP contribution in [0.3, 0.4) is 0 Å². The van der Waals surface area contributed by atoms with Crippen LogP contribution >= 0.6 is 12.6 Å². The third-order valence-electron chi connectivity index (χ3n) is 3.83. The molecular weight excluding hydrogens is 194 g/mol. The molecule has 0 spiro atoms. The van der Waals surface area contributed by atoms with E-state index in [1.54, 1.807) is 0 Å². The van der Waals surface area contributed by atoms with Crippen LogP contribution in [-0.2, 0) is 4.79 Å². The molecule has 14 heavy (non-hydrogen) atoms. The summed E-state index contributed by atoms with van der Waals surface area (Å²) in [5.41, 5.74) is 0.276. The van der Waals surface area contributed by atoms with Crippen molar-refractivity contribution in [3.8, 4) is 0 Å². The lowest BCUT2D eigenvalue weighted by molar-refractivity contribution is -0.134. The second-order valence-corrected chi connectivity index (χ2v) is 5.24. The Labute approximate surface area is 91.5 Å². The molecular formula is C11H19NOS. The van der Waals surface area contributed by atoms with Crippen molar-refractivity contribution in [2.75, 3.05) is 12.8 Å². The summed E-state index contributed by atoms with van der Waals surface area (Å²) in [5.74, 6) is 1.21. The average molecular weight is 213 g/mol. The molecule has 2 aliphatic rings. The van der Waals surface area contributed by atoms with Crippen LogP contribution in [0.4, 0.5) is 0 Å². The summed E-state index contributed by atoms with van der Waals surface area (Å²) in [5, 5.41) is 0. The highest BCUT2D eigenvalue weighted by molar-refractivity contribution is 7.80. The SMILES string of the molecule is CN(C(=O)CC1(CS)CC1)C1CCC1. The van der Waals surface area contributed by atoms with E-state index in [4.69, 9.17) is 0 Å². The van der Waals surface area contributed by atoms with Gasteiger partial charge in [-0.3, -0.25) is 4.79 Å². The molecule has 2 aliphatic carbocycles. The molecule has 0 unspecified atom stereocenters. The van der Waals surface area contributed by atoms with Crippen LogP contribution in [-0.4, -0.2) is 29.6 Å². The van der Waals surface area contributed by atoms with Crippen molar-refractivity contribution in [3.05, 3.63) is 0 Å². The number of hydrogen-bond acceptors (Lipinski definition) is 2. The van der Waals surface area contributed by atoms with Gasteiger partial charge in [0, 0.05) is 19.5 Å². The number of hydrogen-bond donors (Lipinski definition) is 1. The minimum absolute atomic E-state index is 0.276. The van der Waals surface area contributed by atoms with E-state index in [0.29, 0.717) is 11.9 Å². The highest BCUT2D eigenvalue weighted by atomic mass is 32.1. The Balaban J connectivity index is 1.82. The molecule has 1 amide bonds. The zero-order valence-corrected chi connectivity index (χ0v) is 9.72. The minimum Gasteiger partial charge on any atom is -0.343 e. The van der Waals surface area contributed by atoms with Crippen LogP contribution in [0.1, 0.15) is 38.5 Å². The van der Waals surface area contributed by atoms with Crippen molar-refractivity contribution in [3.63, 3.8) is 0 Å². The van der Waals surface area contributed by atoms with Gasteiger partial charge in [0.25, 0.3) is 0 Å². The molecule has 0 aromatic rings. The van der Waals surface area contributed by atoms with Gasteiger partial charge in [-0.05, 0) is 43.3 Å². The summed E-state index contributed by atoms with van der Waals surface area (Å²) in [4.78, 5) is 13.8. The Hall–Kier alpha value is -0.180. The van der Waals surface area contributed by atoms with Crippen LogP contribution in [0, 0.1) is 5.41 Å². The van der Waals surface area contributed by atoms with Crippen molar-refractivity contribution >= 4 is 18.5 Å². The van der Waals surface area contributed by atoms with Crippen molar-refractivity contribution in [2.45, 2.75) is 44.6 Å². The zero-order chi connectivity index (χ0) is 10.2. The molecule has 2 fully saturated rings. The molecule has 0 atom stereocenters. The summed E-state index contributed by atoms with van der Waals surface area (Å²) in [6, 6.07) is 0.540. The Morgan fingerprint density at radius 1 is 1.50 bits per heavy atom. The van der Waals surface area contributed by atoms with Crippen molar-refractivity contribution in [1.82, 2.24) is 4.90 Å². The standard InChI is InChI=1S/C11H19NOS/c1-12(9-3-2-4-9)10(13)7-11(8-14)5-6-11/h9,14H,2-8H2,1H3. The second kappa shape index (κ2) is 3.76. The average Bonchev–Trinajstić information content (AvgIpc) is 2.82. The maximum atomic E-state index is 11.9. The predicted molar refractivity (Wildman–Crippen MR) is 60.5 cm³/mol. The largest absolute Gasteiger partial charge is 0.343 e. The lowest BCUT2D eigenvalue weighted by Gasteiger charge is -2.35. The van der Waals surface area contributed by atoms with Gasteiger partial charge in [0.15, 0.2) is 0 Å². The first-order chi connectivity index (χ1) is 6.67. The van der Waals surface area contributed by atoms with Crippen molar-refractivity contribution in [2.24, 2.45) is 5.41 Å². The first kappa shape index (κ1) is 10.3. The highest BCUT2D eigenvalue weighted by Crippen LogP contribution is 2.50. The van der Waals surface area contributed by atoms with E-state index in [2.05, 4.69) is 12.6 Å². The Kier molecular flexibility index (Phi) is 2.78. The molecule has 0 heterocycles. The Morgan fingerprint density at radius 3 is 2.50 bits per heavy atom. The zero-order valence-electron chi connectivity index (χ0n) is 8.83. The molecule has 0 aromatic heterocycles. The van der Waals surface area contributed by atoms with Gasteiger partial charge in [-0.15, -0.1) is 0 Å². The van der Waals surface area contributed by atoms with Crippen LogP contribution in [0.15, 0.2) is 0 Å². The van der Waals surface area contributed by atoms with Gasteiger partial charge >= 0.3 is 0 Å². The molecule has 0 N–H and O–H groups in total. The Morgan fingerprint density at radius 2 is 2.14 bits per heavy atom. The fourth-order valence-electron chi connectivity index (χ4n) is 1.99. The van der Waals surface area contributed by atoms with E-state index in [9.17, 15) is 4.79 Å². The van der Waals surface area contributed by atoms with Gasteiger partial charge in [-0.25, -0.2) is 0 Å². The van der Waals surface area contributed by atoms with Crippen LogP contribution < -0.4 is 0 Å². The molecule has 0 radical (unpaired) electrons. The molecule has 2 rings (SSSR count). The van der Waals surface area contributed by atoms with E-state index in [1.807, 2.05) is 11.9 Å². The second-order valence-electron chi connectivity index (χ2n) is 4.92. The normalized spacial score (nSPS) is 24.1. The molecule has 2 nitrogen and oxygen atoms in total. The molecule has 0 saturated heterocycles. The van der Waals surface area contributed by atoms with Crippen molar-refractivity contribution < 1.29 is 4.79 Å². The maximum absolute atomic E-state index is 11.9. The van der Waals surface area contributed by atoms with E-state index in [-0.39, 0.29) is 5.41 Å². The maximum Gasteiger partial charge on any atom is 0.223 e. The topological polar surface area (TPSA) is 20.3 Å². The lowest BCUT2D eigenvalue weighted by Crippen LogP contribution is -2.42. The predicted octanol–water partition coefficient (Wildman–Crippen LogP) is 2.10. The summed E-state index contributed by atoms with van der Waals surface area (Å²) >= 11 is 4.32. The van der Waals surface area contributed by atoms with Crippen molar-refractivity contribution in [1.29, 1.82) is 0 Å². The van der Waals surface area contributed by atoms with E-state index in [1.165, 1.54) is 32.1 Å². The number of nitrogens with zero attached hydrogens (tertiary/aromatic N) is 1. The van der Waals surface area contributed by atoms with E-state index >= 15 is 0 Å². The molecule has 80 valence electrons. The van der Waals surface area contributed by atoms with Gasteiger partial charge in [0.05, 0.1) is 0 Å². The molecule has 2 saturated carbocycles. The number of amides is 1. The number of rotatable bonds is 4. The van der Waals surface area contributed by atoms with Gasteiger partial charge in [0.2, 0.25) is 5.91 Å². The smallest absolute Gasteiger partial charge is 0.223 e. The fraction of sp³-hybridized carbons (Fsp3) is 0.909. The third kappa shape index (κ3) is 1.92. The van der Waals surface area contributed by atoms with Crippen LogP contribution in [0.2, 0.25) is 0 Å². The number of thiol groups is 1. The minimum atomic E-state index is 0.276. The summed E-state index contributed by atoms with van der Waals surface area (Å²) in [6.07, 6.45) is 6.82. The molecule has 3 heteroatoms. The van der Waals surface area contributed by atoms with E-state index in [0.717, 1.165) is 12.2 Å². The van der Waals surface area contributed by atoms with Crippen LogP contribution in [0.25, 0.3) is 0 Å². The molecule has 0 bridgehead atoms.